The first-order chi connectivity index (χ1) is 16.1. The summed E-state index contributed by atoms with van der Waals surface area (Å²) in [7, 11) is 0. The van der Waals surface area contributed by atoms with E-state index in [2.05, 4.69) is 25.9 Å². The van der Waals surface area contributed by atoms with Gasteiger partial charge >= 0.3 is 0 Å². The smallest absolute Gasteiger partial charge is 0.251 e. The molecule has 1 atom stereocenters. The number of anilines is 3. The van der Waals surface area contributed by atoms with Gasteiger partial charge in [0.1, 0.15) is 5.82 Å². The van der Waals surface area contributed by atoms with E-state index < -0.39 is 6.04 Å². The maximum Gasteiger partial charge on any atom is 0.251 e. The van der Waals surface area contributed by atoms with E-state index in [0.29, 0.717) is 18.5 Å². The van der Waals surface area contributed by atoms with Crippen molar-refractivity contribution in [1.82, 2.24) is 15.3 Å². The Bertz CT molecular complexity index is 1180. The monoisotopic (exact) mass is 445 g/mol. The van der Waals surface area contributed by atoms with Gasteiger partial charge in [-0.15, -0.1) is 0 Å². The van der Waals surface area contributed by atoms with Crippen LogP contribution in [-0.2, 0) is 11.2 Å². The predicted molar refractivity (Wildman–Crippen MR) is 124 cm³/mol. The van der Waals surface area contributed by atoms with Crippen LogP contribution in [0.4, 0.5) is 17.5 Å². The Hall–Kier alpha value is -4.31. The molecule has 0 unspecified atom stereocenters. The lowest BCUT2D eigenvalue weighted by molar-refractivity contribution is 0.0946. The standard InChI is InChI=1S/C23H23N7O3/c24-13-33-20(25)18-11-27-23(28-16-6-7-17-15(10-16)8-9-26-22(17)32)30-21(18)29-19(12-31)14-4-2-1-3-5-14/h1-7,10-11,13,19,24-25,31H,8-9,12H2,(H,26,32)(H2,27,28,29,30)/t19-/m1/s1. The Morgan fingerprint density at radius 2 is 2.09 bits per heavy atom. The second kappa shape index (κ2) is 9.88. The number of ether oxygens (including phenoxy) is 1. The minimum Gasteiger partial charge on any atom is -0.428 e. The molecule has 4 rings (SSSR count). The zero-order chi connectivity index (χ0) is 23.2. The summed E-state index contributed by atoms with van der Waals surface area (Å²) in [6, 6.07) is 14.3. The van der Waals surface area contributed by atoms with E-state index in [1.807, 2.05) is 36.4 Å². The van der Waals surface area contributed by atoms with E-state index in [1.165, 1.54) is 6.20 Å². The Kier molecular flexibility index (Phi) is 6.56. The van der Waals surface area contributed by atoms with E-state index in [0.717, 1.165) is 23.2 Å². The van der Waals surface area contributed by atoms with Crippen LogP contribution >= 0.6 is 0 Å². The van der Waals surface area contributed by atoms with Gasteiger partial charge in [0.05, 0.1) is 18.2 Å². The normalized spacial score (nSPS) is 13.3. The van der Waals surface area contributed by atoms with Crippen molar-refractivity contribution in [1.29, 1.82) is 10.8 Å². The largest absolute Gasteiger partial charge is 0.428 e. The van der Waals surface area contributed by atoms with E-state index in [-0.39, 0.29) is 35.7 Å². The van der Waals surface area contributed by atoms with Crippen molar-refractivity contribution in [2.24, 2.45) is 0 Å². The molecule has 1 aliphatic rings. The van der Waals surface area contributed by atoms with Gasteiger partial charge in [-0.05, 0) is 35.7 Å². The van der Waals surface area contributed by atoms with Crippen LogP contribution in [0.25, 0.3) is 0 Å². The molecule has 6 N–H and O–H groups in total. The van der Waals surface area contributed by atoms with Crippen LogP contribution in [0.1, 0.15) is 33.1 Å². The molecular formula is C23H23N7O3. The average molecular weight is 445 g/mol. The summed E-state index contributed by atoms with van der Waals surface area (Å²) in [4.78, 5) is 20.7. The number of hydrogen-bond donors (Lipinski definition) is 6. The molecule has 0 spiro atoms. The van der Waals surface area contributed by atoms with Gasteiger partial charge in [-0.2, -0.15) is 4.98 Å². The van der Waals surface area contributed by atoms with Crippen LogP contribution in [0.2, 0.25) is 0 Å². The summed E-state index contributed by atoms with van der Waals surface area (Å²) in [5.74, 6) is 0.132. The first-order valence-corrected chi connectivity index (χ1v) is 10.3. The number of rotatable bonds is 8. The first-order valence-electron chi connectivity index (χ1n) is 10.3. The molecular weight excluding hydrogens is 422 g/mol. The fourth-order valence-electron chi connectivity index (χ4n) is 3.56. The van der Waals surface area contributed by atoms with Crippen LogP contribution in [0.3, 0.4) is 0 Å². The minimum atomic E-state index is -0.484. The molecule has 2 heterocycles. The Morgan fingerprint density at radius 3 is 2.85 bits per heavy atom. The molecule has 0 aliphatic carbocycles. The van der Waals surface area contributed by atoms with Crippen molar-refractivity contribution < 1.29 is 14.6 Å². The molecule has 0 saturated heterocycles. The van der Waals surface area contributed by atoms with Gasteiger partial charge < -0.3 is 25.8 Å². The van der Waals surface area contributed by atoms with Gasteiger partial charge in [0.2, 0.25) is 11.8 Å². The fraction of sp³-hybridized carbons (Fsp3) is 0.174. The van der Waals surface area contributed by atoms with Gasteiger partial charge in [-0.25, -0.2) is 4.98 Å². The van der Waals surface area contributed by atoms with E-state index in [1.54, 1.807) is 12.1 Å². The number of carbonyl (C=O) groups excluding carboxylic acids is 1. The number of aromatic nitrogens is 2. The molecule has 0 saturated carbocycles. The molecule has 0 fully saturated rings. The second-order valence-electron chi connectivity index (χ2n) is 7.31. The van der Waals surface area contributed by atoms with Crippen LogP contribution < -0.4 is 16.0 Å². The van der Waals surface area contributed by atoms with Crippen molar-refractivity contribution in [2.45, 2.75) is 12.5 Å². The number of amides is 1. The fourth-order valence-corrected chi connectivity index (χ4v) is 3.56. The average Bonchev–Trinajstić information content (AvgIpc) is 2.83. The maximum absolute atomic E-state index is 12.0. The zero-order valence-electron chi connectivity index (χ0n) is 17.6. The lowest BCUT2D eigenvalue weighted by Crippen LogP contribution is -2.31. The molecule has 33 heavy (non-hydrogen) atoms. The maximum atomic E-state index is 12.0. The quantitative estimate of drug-likeness (QED) is 0.230. The summed E-state index contributed by atoms with van der Waals surface area (Å²) < 4.78 is 4.90. The number of fused-ring (bicyclic) bond motifs is 1. The topological polar surface area (TPSA) is 156 Å². The molecule has 1 aromatic heterocycles. The van der Waals surface area contributed by atoms with E-state index in [4.69, 9.17) is 15.6 Å². The third-order valence-corrected chi connectivity index (χ3v) is 5.19. The number of aliphatic hydroxyl groups is 1. The van der Waals surface area contributed by atoms with E-state index in [9.17, 15) is 9.90 Å². The molecule has 3 aromatic rings. The lowest BCUT2D eigenvalue weighted by atomic mass is 10.00. The number of nitrogens with zero attached hydrogens (tertiary/aromatic N) is 2. The van der Waals surface area contributed by atoms with Crippen LogP contribution in [0.15, 0.2) is 54.7 Å². The van der Waals surface area contributed by atoms with Crippen molar-refractivity contribution in [2.75, 3.05) is 23.8 Å². The zero-order valence-corrected chi connectivity index (χ0v) is 17.6. The first kappa shape index (κ1) is 21.9. The highest BCUT2D eigenvalue weighted by Crippen LogP contribution is 2.25. The van der Waals surface area contributed by atoms with Crippen LogP contribution in [0, 0.1) is 10.8 Å². The highest BCUT2D eigenvalue weighted by Gasteiger charge is 2.19. The molecule has 2 aromatic carbocycles. The Labute approximate surface area is 190 Å². The van der Waals surface area contributed by atoms with Gasteiger partial charge in [-0.3, -0.25) is 15.6 Å². The van der Waals surface area contributed by atoms with Gasteiger partial charge in [0.25, 0.3) is 5.91 Å². The number of carbonyl (C=O) groups is 1. The summed E-state index contributed by atoms with van der Waals surface area (Å²) in [5, 5.41) is 34.2. The number of nitrogens with one attached hydrogen (secondary N) is 5. The van der Waals surface area contributed by atoms with Crippen molar-refractivity contribution in [3.8, 4) is 0 Å². The summed E-state index contributed by atoms with van der Waals surface area (Å²) in [5.41, 5.74) is 3.38. The molecule has 0 bridgehead atoms. The summed E-state index contributed by atoms with van der Waals surface area (Å²) >= 11 is 0. The predicted octanol–water partition coefficient (Wildman–Crippen LogP) is 2.60. The van der Waals surface area contributed by atoms with Gasteiger partial charge in [0.15, 0.2) is 6.40 Å². The molecule has 0 radical (unpaired) electrons. The Balaban J connectivity index is 1.64. The van der Waals surface area contributed by atoms with E-state index >= 15 is 0 Å². The molecule has 1 amide bonds. The van der Waals surface area contributed by atoms with Gasteiger partial charge in [-0.1, -0.05) is 30.3 Å². The van der Waals surface area contributed by atoms with Crippen LogP contribution in [-0.4, -0.2) is 46.4 Å². The highest BCUT2D eigenvalue weighted by atomic mass is 16.5. The van der Waals surface area contributed by atoms with Crippen molar-refractivity contribution >= 4 is 35.7 Å². The third-order valence-electron chi connectivity index (χ3n) is 5.19. The lowest BCUT2D eigenvalue weighted by Gasteiger charge is -2.20. The molecule has 1 aliphatic heterocycles. The second-order valence-corrected chi connectivity index (χ2v) is 7.31. The number of aliphatic hydroxyl groups excluding tert-OH is 1. The van der Waals surface area contributed by atoms with Crippen LogP contribution in [0.5, 0.6) is 0 Å². The number of benzene rings is 2. The Morgan fingerprint density at radius 1 is 1.27 bits per heavy atom. The SMILES string of the molecule is N=COC(=N)c1cnc(Nc2ccc3c(c2)CCNC3=O)nc1N[C@H](CO)c1ccccc1. The number of hydrogen-bond acceptors (Lipinski definition) is 9. The van der Waals surface area contributed by atoms with Crippen molar-refractivity contribution in [3.63, 3.8) is 0 Å². The molecule has 10 nitrogen and oxygen atoms in total. The summed E-state index contributed by atoms with van der Waals surface area (Å²) in [6.07, 6.45) is 2.80. The third kappa shape index (κ3) is 4.96. The van der Waals surface area contributed by atoms with Crippen molar-refractivity contribution in [3.05, 3.63) is 77.0 Å². The molecule has 10 heteroatoms. The molecule has 168 valence electrons. The summed E-state index contributed by atoms with van der Waals surface area (Å²) in [6.45, 7) is 0.383. The van der Waals surface area contributed by atoms with Gasteiger partial charge in [0, 0.05) is 24.0 Å². The minimum absolute atomic E-state index is 0.0874. The highest BCUT2D eigenvalue weighted by molar-refractivity contribution is 5.99.